The fraction of sp³-hybridized carbons (Fsp3) is 0.800. The van der Waals surface area contributed by atoms with Gasteiger partial charge in [-0.05, 0) is 6.42 Å². The van der Waals surface area contributed by atoms with E-state index in [9.17, 15) is 4.79 Å². The molecule has 3 nitrogen and oxygen atoms in total. The highest BCUT2D eigenvalue weighted by molar-refractivity contribution is 7.80. The number of carbonyl (C=O) groups excluding carboxylic acids is 1. The molecule has 1 unspecified atom stereocenters. The van der Waals surface area contributed by atoms with Crippen molar-refractivity contribution in [1.82, 2.24) is 4.90 Å². The van der Waals surface area contributed by atoms with Crippen molar-refractivity contribution < 1.29 is 4.79 Å². The maximum Gasteiger partial charge on any atom is 0.222 e. The summed E-state index contributed by atoms with van der Waals surface area (Å²) in [6, 6.07) is 0. The number of thiocarbonyl (C=S) groups is 1. The zero-order chi connectivity index (χ0) is 11.1. The van der Waals surface area contributed by atoms with Crippen LogP contribution in [0.4, 0.5) is 0 Å². The summed E-state index contributed by atoms with van der Waals surface area (Å²) in [4.78, 5) is 13.7. The predicted molar refractivity (Wildman–Crippen MR) is 63.1 cm³/mol. The minimum atomic E-state index is 0.0978. The summed E-state index contributed by atoms with van der Waals surface area (Å²) in [7, 11) is 1.80. The molecular weight excluding hydrogens is 196 g/mol. The Morgan fingerprint density at radius 2 is 2.14 bits per heavy atom. The molecule has 0 aliphatic heterocycles. The van der Waals surface area contributed by atoms with Gasteiger partial charge in [-0.3, -0.25) is 4.79 Å². The summed E-state index contributed by atoms with van der Waals surface area (Å²) in [5.41, 5.74) is 5.48. The van der Waals surface area contributed by atoms with Crippen molar-refractivity contribution in [1.29, 1.82) is 0 Å². The molecule has 0 bridgehead atoms. The minimum Gasteiger partial charge on any atom is -0.393 e. The number of amides is 1. The maximum atomic E-state index is 11.5. The van der Waals surface area contributed by atoms with E-state index in [1.54, 1.807) is 11.9 Å². The third-order valence-corrected chi connectivity index (χ3v) is 2.61. The maximum absolute atomic E-state index is 11.5. The average Bonchev–Trinajstić information content (AvgIpc) is 2.13. The topological polar surface area (TPSA) is 46.3 Å². The first kappa shape index (κ1) is 13.4. The van der Waals surface area contributed by atoms with Gasteiger partial charge >= 0.3 is 0 Å². The van der Waals surface area contributed by atoms with Gasteiger partial charge in [0.05, 0.1) is 4.99 Å². The lowest BCUT2D eigenvalue weighted by atomic mass is 10.1. The van der Waals surface area contributed by atoms with Crippen molar-refractivity contribution in [3.63, 3.8) is 0 Å². The highest BCUT2D eigenvalue weighted by Crippen LogP contribution is 2.03. The minimum absolute atomic E-state index is 0.0978. The van der Waals surface area contributed by atoms with Crippen LogP contribution in [-0.4, -0.2) is 29.4 Å². The number of nitrogens with two attached hydrogens (primary N) is 1. The third kappa shape index (κ3) is 5.17. The Morgan fingerprint density at radius 3 is 2.57 bits per heavy atom. The van der Waals surface area contributed by atoms with Crippen molar-refractivity contribution in [2.45, 2.75) is 33.1 Å². The molecule has 0 fully saturated rings. The van der Waals surface area contributed by atoms with E-state index in [-0.39, 0.29) is 11.8 Å². The van der Waals surface area contributed by atoms with Crippen molar-refractivity contribution >= 4 is 23.1 Å². The Labute approximate surface area is 91.6 Å². The monoisotopic (exact) mass is 216 g/mol. The number of rotatable bonds is 6. The summed E-state index contributed by atoms with van der Waals surface area (Å²) in [6.45, 7) is 4.63. The van der Waals surface area contributed by atoms with Gasteiger partial charge in [0.1, 0.15) is 0 Å². The molecule has 0 heterocycles. The molecule has 0 aliphatic carbocycles. The number of carbonyl (C=O) groups is 1. The van der Waals surface area contributed by atoms with Crippen LogP contribution < -0.4 is 5.73 Å². The molecule has 1 atom stereocenters. The van der Waals surface area contributed by atoms with Crippen LogP contribution in [0.1, 0.15) is 33.1 Å². The first-order chi connectivity index (χ1) is 6.49. The Morgan fingerprint density at radius 1 is 1.57 bits per heavy atom. The van der Waals surface area contributed by atoms with E-state index in [2.05, 4.69) is 6.92 Å². The van der Waals surface area contributed by atoms with E-state index in [1.807, 2.05) is 6.92 Å². The summed E-state index contributed by atoms with van der Waals surface area (Å²) >= 11 is 4.85. The van der Waals surface area contributed by atoms with E-state index < -0.39 is 0 Å². The molecule has 0 saturated heterocycles. The van der Waals surface area contributed by atoms with E-state index in [0.29, 0.717) is 18.0 Å². The van der Waals surface area contributed by atoms with E-state index in [4.69, 9.17) is 18.0 Å². The Kier molecular flexibility index (Phi) is 6.45. The smallest absolute Gasteiger partial charge is 0.222 e. The van der Waals surface area contributed by atoms with Crippen molar-refractivity contribution in [2.75, 3.05) is 13.6 Å². The van der Waals surface area contributed by atoms with Crippen LogP contribution in [0.2, 0.25) is 0 Å². The molecule has 1 amide bonds. The summed E-state index contributed by atoms with van der Waals surface area (Å²) in [6.07, 6.45) is 2.62. The number of unbranched alkanes of at least 4 members (excludes halogenated alkanes) is 1. The van der Waals surface area contributed by atoms with Gasteiger partial charge < -0.3 is 10.6 Å². The Balaban J connectivity index is 3.88. The Hall–Kier alpha value is -0.640. The van der Waals surface area contributed by atoms with E-state index >= 15 is 0 Å². The normalized spacial score (nSPS) is 12.2. The first-order valence-corrected chi connectivity index (χ1v) is 5.43. The van der Waals surface area contributed by atoms with Crippen LogP contribution in [-0.2, 0) is 4.79 Å². The molecule has 82 valence electrons. The lowest BCUT2D eigenvalue weighted by Gasteiger charge is -2.20. The van der Waals surface area contributed by atoms with Gasteiger partial charge in [-0.15, -0.1) is 0 Å². The molecule has 0 radical (unpaired) electrons. The highest BCUT2D eigenvalue weighted by Gasteiger charge is 2.13. The van der Waals surface area contributed by atoms with Crippen LogP contribution in [0, 0.1) is 5.92 Å². The zero-order valence-electron chi connectivity index (χ0n) is 9.25. The first-order valence-electron chi connectivity index (χ1n) is 5.02. The molecule has 0 saturated carbocycles. The quantitative estimate of drug-likeness (QED) is 0.685. The molecular formula is C10H20N2OS. The standard InChI is InChI=1S/C10H20N2OS/c1-4-5-6-9(13)12(3)7-8(2)10(11)14/h8H,4-7H2,1-3H3,(H2,11,14). The van der Waals surface area contributed by atoms with Crippen LogP contribution in [0.25, 0.3) is 0 Å². The summed E-state index contributed by atoms with van der Waals surface area (Å²) in [5.74, 6) is 0.274. The number of hydrogen-bond acceptors (Lipinski definition) is 2. The molecule has 14 heavy (non-hydrogen) atoms. The lowest BCUT2D eigenvalue weighted by molar-refractivity contribution is -0.130. The second kappa shape index (κ2) is 6.76. The molecule has 2 N–H and O–H groups in total. The molecule has 0 aromatic carbocycles. The van der Waals surface area contributed by atoms with Crippen LogP contribution >= 0.6 is 12.2 Å². The Bertz CT molecular complexity index is 206. The van der Waals surface area contributed by atoms with E-state index in [1.165, 1.54) is 0 Å². The van der Waals surface area contributed by atoms with Gasteiger partial charge in [-0.1, -0.05) is 32.5 Å². The van der Waals surface area contributed by atoms with Crippen LogP contribution in [0.15, 0.2) is 0 Å². The zero-order valence-corrected chi connectivity index (χ0v) is 10.1. The summed E-state index contributed by atoms with van der Waals surface area (Å²) in [5, 5.41) is 0. The predicted octanol–water partition coefficient (Wildman–Crippen LogP) is 1.56. The fourth-order valence-corrected chi connectivity index (χ4v) is 1.20. The number of hydrogen-bond donors (Lipinski definition) is 1. The van der Waals surface area contributed by atoms with Crippen molar-refractivity contribution in [3.05, 3.63) is 0 Å². The molecule has 0 aromatic heterocycles. The molecule has 0 spiro atoms. The van der Waals surface area contributed by atoms with Gasteiger partial charge in [-0.2, -0.15) is 0 Å². The van der Waals surface area contributed by atoms with Crippen LogP contribution in [0.3, 0.4) is 0 Å². The van der Waals surface area contributed by atoms with Crippen LogP contribution in [0.5, 0.6) is 0 Å². The summed E-state index contributed by atoms with van der Waals surface area (Å²) < 4.78 is 0. The van der Waals surface area contributed by atoms with Gasteiger partial charge in [0.25, 0.3) is 0 Å². The molecule has 0 rings (SSSR count). The molecule has 0 aliphatic rings. The van der Waals surface area contributed by atoms with Gasteiger partial charge in [-0.25, -0.2) is 0 Å². The van der Waals surface area contributed by atoms with Gasteiger partial charge in [0.2, 0.25) is 5.91 Å². The highest BCUT2D eigenvalue weighted by atomic mass is 32.1. The molecule has 0 aromatic rings. The molecule has 4 heteroatoms. The largest absolute Gasteiger partial charge is 0.393 e. The van der Waals surface area contributed by atoms with Crippen molar-refractivity contribution in [3.8, 4) is 0 Å². The average molecular weight is 216 g/mol. The van der Waals surface area contributed by atoms with Crippen molar-refractivity contribution in [2.24, 2.45) is 11.7 Å². The second-order valence-corrected chi connectivity index (χ2v) is 4.15. The van der Waals surface area contributed by atoms with Gasteiger partial charge in [0.15, 0.2) is 0 Å². The lowest BCUT2D eigenvalue weighted by Crippen LogP contribution is -2.35. The van der Waals surface area contributed by atoms with Gasteiger partial charge in [0, 0.05) is 25.9 Å². The second-order valence-electron chi connectivity index (χ2n) is 3.68. The SMILES string of the molecule is CCCCC(=O)N(C)CC(C)C(N)=S. The fourth-order valence-electron chi connectivity index (χ4n) is 1.12. The third-order valence-electron chi connectivity index (χ3n) is 2.20. The van der Waals surface area contributed by atoms with E-state index in [0.717, 1.165) is 12.8 Å². The number of nitrogens with zero attached hydrogens (tertiary/aromatic N) is 1.